The number of ether oxygens (including phenoxy) is 1. The highest BCUT2D eigenvalue weighted by molar-refractivity contribution is 5.93. The first-order valence-corrected chi connectivity index (χ1v) is 9.67. The van der Waals surface area contributed by atoms with Gasteiger partial charge < -0.3 is 19.0 Å². The van der Waals surface area contributed by atoms with Gasteiger partial charge in [0.1, 0.15) is 11.4 Å². The van der Waals surface area contributed by atoms with E-state index >= 15 is 0 Å². The van der Waals surface area contributed by atoms with Crippen molar-refractivity contribution in [1.29, 1.82) is 0 Å². The number of nitrogens with zero attached hydrogens (tertiary/aromatic N) is 2. The van der Waals surface area contributed by atoms with E-state index in [1.54, 1.807) is 0 Å². The fraction of sp³-hybridized carbons (Fsp3) is 0.429. The lowest BCUT2D eigenvalue weighted by atomic mass is 9.83. The normalized spacial score (nSPS) is 18.8. The van der Waals surface area contributed by atoms with Crippen molar-refractivity contribution in [3.8, 4) is 0 Å². The molecule has 27 heavy (non-hydrogen) atoms. The first-order valence-electron chi connectivity index (χ1n) is 9.67. The van der Waals surface area contributed by atoms with E-state index < -0.39 is 0 Å². The van der Waals surface area contributed by atoms with Gasteiger partial charge in [-0.3, -0.25) is 4.79 Å². The van der Waals surface area contributed by atoms with Gasteiger partial charge in [0.2, 0.25) is 0 Å². The zero-order valence-electron chi connectivity index (χ0n) is 15.5. The summed E-state index contributed by atoms with van der Waals surface area (Å²) in [6.45, 7) is 4.01. The van der Waals surface area contributed by atoms with Gasteiger partial charge in [0.05, 0.1) is 12.3 Å². The predicted octanol–water partition coefficient (Wildman–Crippen LogP) is 3.42. The summed E-state index contributed by atoms with van der Waals surface area (Å²) in [4.78, 5) is 22.5. The molecular formula is C21H23N3O3. The molecule has 6 nitrogen and oxygen atoms in total. The number of aryl methyl sites for hydroxylation is 1. The van der Waals surface area contributed by atoms with Crippen molar-refractivity contribution < 1.29 is 13.9 Å². The van der Waals surface area contributed by atoms with Gasteiger partial charge in [0.25, 0.3) is 5.91 Å². The third kappa shape index (κ3) is 2.51. The Morgan fingerprint density at radius 1 is 1.30 bits per heavy atom. The molecule has 4 heterocycles. The molecule has 6 heteroatoms. The number of carbonyl (C=O) groups excluding carboxylic acids is 1. The lowest BCUT2D eigenvalue weighted by Gasteiger charge is -2.43. The fourth-order valence-electron chi connectivity index (χ4n) is 4.58. The number of H-pyrrole nitrogens is 1. The number of oxazole rings is 1. The highest BCUT2D eigenvalue weighted by Crippen LogP contribution is 2.43. The highest BCUT2D eigenvalue weighted by atomic mass is 16.5. The molecule has 5 rings (SSSR count). The molecule has 0 bridgehead atoms. The maximum atomic E-state index is 12.9. The van der Waals surface area contributed by atoms with Crippen LogP contribution in [0.3, 0.4) is 0 Å². The maximum Gasteiger partial charge on any atom is 0.276 e. The molecule has 1 spiro atoms. The van der Waals surface area contributed by atoms with Gasteiger partial charge >= 0.3 is 0 Å². The minimum absolute atomic E-state index is 0.0388. The number of rotatable bonds is 2. The molecule has 0 saturated carbocycles. The van der Waals surface area contributed by atoms with E-state index in [9.17, 15) is 4.79 Å². The minimum atomic E-state index is -0.319. The van der Waals surface area contributed by atoms with E-state index in [1.165, 1.54) is 28.6 Å². The van der Waals surface area contributed by atoms with Gasteiger partial charge in [0, 0.05) is 30.4 Å². The number of amides is 1. The molecule has 2 aliphatic rings. The SMILES string of the molecule is CCc1ocnc1C(=O)N1CCC2(CC1)OCCc1c2[nH]c2ccccc12. The molecule has 3 aromatic rings. The third-order valence-electron chi connectivity index (χ3n) is 6.02. The number of hydrogen-bond donors (Lipinski definition) is 1. The van der Waals surface area contributed by atoms with Crippen LogP contribution < -0.4 is 0 Å². The van der Waals surface area contributed by atoms with Crippen molar-refractivity contribution in [3.05, 3.63) is 53.4 Å². The summed E-state index contributed by atoms with van der Waals surface area (Å²) in [5, 5.41) is 1.30. The zero-order chi connectivity index (χ0) is 18.4. The topological polar surface area (TPSA) is 71.4 Å². The Morgan fingerprint density at radius 3 is 2.93 bits per heavy atom. The quantitative estimate of drug-likeness (QED) is 0.755. The molecule has 1 saturated heterocycles. The number of carbonyl (C=O) groups is 1. The van der Waals surface area contributed by atoms with E-state index in [2.05, 4.69) is 34.2 Å². The van der Waals surface area contributed by atoms with Crippen molar-refractivity contribution in [2.24, 2.45) is 0 Å². The summed E-state index contributed by atoms with van der Waals surface area (Å²) >= 11 is 0. The van der Waals surface area contributed by atoms with Crippen LogP contribution in [-0.4, -0.2) is 40.5 Å². The lowest BCUT2D eigenvalue weighted by Crippen LogP contribution is -2.48. The molecule has 1 fully saturated rings. The predicted molar refractivity (Wildman–Crippen MR) is 101 cm³/mol. The van der Waals surface area contributed by atoms with E-state index in [0.29, 0.717) is 31.0 Å². The summed E-state index contributed by atoms with van der Waals surface area (Å²) in [6, 6.07) is 8.45. The second-order valence-corrected chi connectivity index (χ2v) is 7.39. The van der Waals surface area contributed by atoms with Crippen LogP contribution >= 0.6 is 0 Å². The highest BCUT2D eigenvalue weighted by Gasteiger charge is 2.43. The average molecular weight is 365 g/mol. The number of benzene rings is 1. The number of fused-ring (bicyclic) bond motifs is 4. The van der Waals surface area contributed by atoms with Crippen LogP contribution in [0.1, 0.15) is 47.3 Å². The van der Waals surface area contributed by atoms with Gasteiger partial charge in [-0.2, -0.15) is 0 Å². The molecule has 0 aliphatic carbocycles. The number of aromatic nitrogens is 2. The van der Waals surface area contributed by atoms with Crippen LogP contribution in [0.15, 0.2) is 35.1 Å². The van der Waals surface area contributed by atoms with Crippen molar-refractivity contribution in [3.63, 3.8) is 0 Å². The Kier molecular flexibility index (Phi) is 3.82. The van der Waals surface area contributed by atoms with Crippen LogP contribution in [0.4, 0.5) is 0 Å². The van der Waals surface area contributed by atoms with Gasteiger partial charge in [-0.05, 0) is 30.9 Å². The molecule has 1 amide bonds. The number of likely N-dealkylation sites (tertiary alicyclic amines) is 1. The third-order valence-corrected chi connectivity index (χ3v) is 6.02. The zero-order valence-corrected chi connectivity index (χ0v) is 15.5. The molecule has 1 aromatic carbocycles. The molecule has 0 radical (unpaired) electrons. The Labute approximate surface area is 157 Å². The van der Waals surface area contributed by atoms with Gasteiger partial charge in [-0.15, -0.1) is 0 Å². The van der Waals surface area contributed by atoms with E-state index in [-0.39, 0.29) is 11.5 Å². The maximum absolute atomic E-state index is 12.9. The van der Waals surface area contributed by atoms with E-state index in [0.717, 1.165) is 25.9 Å². The smallest absolute Gasteiger partial charge is 0.276 e. The van der Waals surface area contributed by atoms with E-state index in [4.69, 9.17) is 9.15 Å². The molecular weight excluding hydrogens is 342 g/mol. The standard InChI is InChI=1S/C21H23N3O3/c1-2-17-18(22-13-26-17)20(25)24-10-8-21(9-11-24)19-15(7-12-27-21)14-5-3-4-6-16(14)23-19/h3-6,13,23H,2,7-12H2,1H3. The second kappa shape index (κ2) is 6.23. The average Bonchev–Trinajstić information content (AvgIpc) is 3.33. The lowest BCUT2D eigenvalue weighted by molar-refractivity contribution is -0.0958. The Hall–Kier alpha value is -2.60. The molecule has 0 atom stereocenters. The molecule has 2 aliphatic heterocycles. The molecule has 140 valence electrons. The van der Waals surface area contributed by atoms with Crippen molar-refractivity contribution in [2.75, 3.05) is 19.7 Å². The Morgan fingerprint density at radius 2 is 2.11 bits per heavy atom. The van der Waals surface area contributed by atoms with E-state index in [1.807, 2.05) is 11.8 Å². The van der Waals surface area contributed by atoms with Crippen LogP contribution in [0.5, 0.6) is 0 Å². The van der Waals surface area contributed by atoms with Crippen LogP contribution in [0.25, 0.3) is 10.9 Å². The summed E-state index contributed by atoms with van der Waals surface area (Å²) in [5.74, 6) is 0.621. The monoisotopic (exact) mass is 365 g/mol. The Balaban J connectivity index is 1.42. The summed E-state index contributed by atoms with van der Waals surface area (Å²) < 4.78 is 11.7. The van der Waals surface area contributed by atoms with Gasteiger partial charge in [0.15, 0.2) is 12.1 Å². The Bertz CT molecular complexity index is 995. The summed E-state index contributed by atoms with van der Waals surface area (Å²) in [5.41, 5.74) is 3.88. The molecule has 2 aromatic heterocycles. The van der Waals surface area contributed by atoms with Crippen LogP contribution in [-0.2, 0) is 23.2 Å². The number of nitrogens with one attached hydrogen (secondary N) is 1. The fourth-order valence-corrected chi connectivity index (χ4v) is 4.58. The minimum Gasteiger partial charge on any atom is -0.448 e. The molecule has 1 N–H and O–H groups in total. The number of hydrogen-bond acceptors (Lipinski definition) is 4. The van der Waals surface area contributed by atoms with Gasteiger partial charge in [-0.1, -0.05) is 25.1 Å². The summed E-state index contributed by atoms with van der Waals surface area (Å²) in [6.07, 6.45) is 4.54. The number of para-hydroxylation sites is 1. The molecule has 0 unspecified atom stereocenters. The van der Waals surface area contributed by atoms with Crippen molar-refractivity contribution in [2.45, 2.75) is 38.2 Å². The first kappa shape index (κ1) is 16.6. The number of aromatic amines is 1. The van der Waals surface area contributed by atoms with Crippen molar-refractivity contribution >= 4 is 16.8 Å². The van der Waals surface area contributed by atoms with Crippen LogP contribution in [0, 0.1) is 0 Å². The second-order valence-electron chi connectivity index (χ2n) is 7.39. The van der Waals surface area contributed by atoms with Gasteiger partial charge in [-0.25, -0.2) is 4.98 Å². The van der Waals surface area contributed by atoms with Crippen LogP contribution in [0.2, 0.25) is 0 Å². The number of piperidine rings is 1. The largest absolute Gasteiger partial charge is 0.448 e. The first-order chi connectivity index (χ1) is 13.2. The summed E-state index contributed by atoms with van der Waals surface area (Å²) in [7, 11) is 0. The van der Waals surface area contributed by atoms with Crippen molar-refractivity contribution in [1.82, 2.24) is 14.9 Å².